The van der Waals surface area contributed by atoms with Crippen molar-refractivity contribution in [1.82, 2.24) is 40.9 Å². The Balaban J connectivity index is 0.967. The van der Waals surface area contributed by atoms with Crippen LogP contribution in [0.3, 0.4) is 0 Å². The molecule has 2 amide bonds. The number of aryl methyl sites for hydroxylation is 1. The van der Waals surface area contributed by atoms with Gasteiger partial charge in [0.15, 0.2) is 5.65 Å². The van der Waals surface area contributed by atoms with Crippen molar-refractivity contribution in [2.75, 3.05) is 44.7 Å². The quantitative estimate of drug-likeness (QED) is 0.0938. The number of anilines is 1. The van der Waals surface area contributed by atoms with E-state index in [4.69, 9.17) is 4.52 Å². The first kappa shape index (κ1) is 42.8. The number of nitrogens with one attached hydrogen (secondary N) is 3. The molecule has 1 fully saturated rings. The molecule has 4 heterocycles. The highest BCUT2D eigenvalue weighted by Gasteiger charge is 2.35. The summed E-state index contributed by atoms with van der Waals surface area (Å²) in [4.78, 5) is 49.1. The third-order valence-electron chi connectivity index (χ3n) is 11.3. The van der Waals surface area contributed by atoms with Crippen LogP contribution >= 0.6 is 0 Å². The van der Waals surface area contributed by atoms with Crippen molar-refractivity contribution >= 4 is 34.8 Å². The van der Waals surface area contributed by atoms with Crippen LogP contribution in [-0.4, -0.2) is 88.1 Å². The Morgan fingerprint density at radius 2 is 1.66 bits per heavy atom. The molecule has 3 aromatic carbocycles. The molecule has 1 unspecified atom stereocenters. The summed E-state index contributed by atoms with van der Waals surface area (Å²) in [5.41, 5.74) is 7.33. The van der Waals surface area contributed by atoms with E-state index in [1.54, 1.807) is 23.2 Å². The number of nitrogens with zero attached hydrogens (tertiary/aromatic N) is 6. The monoisotopic (exact) mass is 831 g/mol. The lowest BCUT2D eigenvalue weighted by molar-refractivity contribution is -0.122. The normalized spacial score (nSPS) is 14.8. The molecule has 0 aliphatic carbocycles. The molecule has 61 heavy (non-hydrogen) atoms. The summed E-state index contributed by atoms with van der Waals surface area (Å²) in [5.74, 6) is -3.92. The molecule has 0 bridgehead atoms. The number of hydrogen-bond donors (Lipinski definition) is 3. The van der Waals surface area contributed by atoms with E-state index in [1.807, 2.05) is 71.0 Å². The number of hydrogen-bond acceptors (Lipinski definition) is 10. The van der Waals surface area contributed by atoms with Gasteiger partial charge < -0.3 is 24.9 Å². The maximum Gasteiger partial charge on any atom is 0.293 e. The Kier molecular flexibility index (Phi) is 12.4. The van der Waals surface area contributed by atoms with Crippen molar-refractivity contribution in [3.05, 3.63) is 113 Å². The van der Waals surface area contributed by atoms with Crippen molar-refractivity contribution in [3.8, 4) is 22.4 Å². The molecule has 3 N–H and O–H groups in total. The maximum absolute atomic E-state index is 15.5. The van der Waals surface area contributed by atoms with Gasteiger partial charge in [-0.15, -0.1) is 0 Å². The lowest BCUT2D eigenvalue weighted by Gasteiger charge is -2.37. The van der Waals surface area contributed by atoms with Gasteiger partial charge in [-0.05, 0) is 66.8 Å². The van der Waals surface area contributed by atoms with E-state index < -0.39 is 24.3 Å². The van der Waals surface area contributed by atoms with E-state index in [0.29, 0.717) is 49.7 Å². The number of rotatable bonds is 14. The van der Waals surface area contributed by atoms with E-state index in [2.05, 4.69) is 53.0 Å². The number of carbonyl (C=O) groups excluding carboxylic acids is 3. The first-order valence-electron chi connectivity index (χ1n) is 20.5. The third-order valence-corrected chi connectivity index (χ3v) is 11.3. The number of carbonyl (C=O) groups is 3. The summed E-state index contributed by atoms with van der Waals surface area (Å²) in [5, 5.41) is 17.9. The molecule has 2 atom stereocenters. The Morgan fingerprint density at radius 3 is 2.30 bits per heavy atom. The summed E-state index contributed by atoms with van der Waals surface area (Å²) in [7, 11) is 1.52. The summed E-state index contributed by atoms with van der Waals surface area (Å²) in [6.45, 7) is 11.5. The van der Waals surface area contributed by atoms with Gasteiger partial charge in [0.05, 0.1) is 24.2 Å². The van der Waals surface area contributed by atoms with Crippen LogP contribution in [0.5, 0.6) is 0 Å². The predicted molar refractivity (Wildman–Crippen MR) is 229 cm³/mol. The highest BCUT2D eigenvalue weighted by Crippen LogP contribution is 2.34. The second kappa shape index (κ2) is 17.7. The standard InChI is InChI=1S/C46H51F2N9O4/c1-28-24-32(13-18-36(28)29(2)51-43(60)41-52-44(61-55-41)45(3,4)5)39-38-25-33(26-50-40(38)54-53-39)30-11-16-35(17-12-30)57-21-19-56(20-22-57)27-46(47,48)34-14-9-31(10-15-34)37(8-7-23-58)42(59)49-6/h9-18,23-26,29,37H,7-8,19-22,27H2,1-6H3,(H,49,59)(H,51,60)(H,50,53,54)/t29-,37?/m1/s1. The molecule has 0 saturated carbocycles. The fourth-order valence-electron chi connectivity index (χ4n) is 7.77. The van der Waals surface area contributed by atoms with Crippen molar-refractivity contribution in [1.29, 1.82) is 0 Å². The first-order chi connectivity index (χ1) is 29.1. The van der Waals surface area contributed by atoms with E-state index in [-0.39, 0.29) is 35.2 Å². The SMILES string of the molecule is CNC(=O)C(CCC=O)c1ccc(C(F)(F)CN2CCN(c3ccc(-c4cnc5n[nH]c(-c6ccc([C@@H](C)NC(=O)c7noc(C(C)(C)C)n7)c(C)c6)c5c4)cc3)CC2)cc1. The number of halogens is 2. The number of benzene rings is 3. The van der Waals surface area contributed by atoms with Crippen LogP contribution in [0.25, 0.3) is 33.4 Å². The summed E-state index contributed by atoms with van der Waals surface area (Å²) in [6, 6.07) is 21.9. The molecule has 6 aromatic rings. The molecule has 3 aromatic heterocycles. The zero-order valence-corrected chi connectivity index (χ0v) is 35.3. The number of aromatic amines is 1. The number of pyridine rings is 1. The number of aldehydes is 1. The zero-order chi connectivity index (χ0) is 43.5. The van der Waals surface area contributed by atoms with Crippen LogP contribution in [0.15, 0.2) is 83.5 Å². The van der Waals surface area contributed by atoms with E-state index >= 15 is 8.78 Å². The minimum atomic E-state index is -3.08. The minimum Gasteiger partial charge on any atom is -0.369 e. The minimum absolute atomic E-state index is 0.00244. The van der Waals surface area contributed by atoms with Gasteiger partial charge in [0.25, 0.3) is 17.7 Å². The number of aromatic nitrogens is 5. The molecule has 0 radical (unpaired) electrons. The zero-order valence-electron chi connectivity index (χ0n) is 35.3. The number of fused-ring (bicyclic) bond motifs is 1. The van der Waals surface area contributed by atoms with Gasteiger partial charge in [0, 0.05) is 79.0 Å². The van der Waals surface area contributed by atoms with Gasteiger partial charge in [-0.1, -0.05) is 74.5 Å². The van der Waals surface area contributed by atoms with Gasteiger partial charge in [-0.2, -0.15) is 18.9 Å². The van der Waals surface area contributed by atoms with Crippen LogP contribution in [-0.2, 0) is 20.9 Å². The highest BCUT2D eigenvalue weighted by molar-refractivity contribution is 5.94. The number of H-pyrrole nitrogens is 1. The van der Waals surface area contributed by atoms with Crippen LogP contribution < -0.4 is 15.5 Å². The van der Waals surface area contributed by atoms with Gasteiger partial charge in [0.1, 0.15) is 6.29 Å². The van der Waals surface area contributed by atoms with E-state index in [9.17, 15) is 14.4 Å². The first-order valence-corrected chi connectivity index (χ1v) is 20.5. The van der Waals surface area contributed by atoms with E-state index in [0.717, 1.165) is 50.9 Å². The second-order valence-corrected chi connectivity index (χ2v) is 16.7. The Bertz CT molecular complexity index is 2500. The van der Waals surface area contributed by atoms with Gasteiger partial charge in [-0.3, -0.25) is 19.6 Å². The van der Waals surface area contributed by atoms with Crippen LogP contribution in [0.4, 0.5) is 14.5 Å². The van der Waals surface area contributed by atoms with E-state index in [1.165, 1.54) is 19.2 Å². The second-order valence-electron chi connectivity index (χ2n) is 16.7. The lowest BCUT2D eigenvalue weighted by Crippen LogP contribution is -2.49. The number of amides is 2. The Morgan fingerprint density at radius 1 is 0.951 bits per heavy atom. The highest BCUT2D eigenvalue weighted by atomic mass is 19.3. The average Bonchev–Trinajstić information content (AvgIpc) is 3.93. The smallest absolute Gasteiger partial charge is 0.293 e. The van der Waals surface area contributed by atoms with Crippen LogP contribution in [0.1, 0.15) is 91.3 Å². The molecule has 13 nitrogen and oxygen atoms in total. The molecular weight excluding hydrogens is 781 g/mol. The van der Waals surface area contributed by atoms with Crippen molar-refractivity contribution in [3.63, 3.8) is 0 Å². The number of piperazine rings is 1. The Labute approximate surface area is 353 Å². The van der Waals surface area contributed by atoms with Crippen LogP contribution in [0, 0.1) is 6.92 Å². The van der Waals surface area contributed by atoms with Gasteiger partial charge in [-0.25, -0.2) is 4.98 Å². The topological polar surface area (TPSA) is 162 Å². The maximum atomic E-state index is 15.5. The Hall–Kier alpha value is -6.35. The summed E-state index contributed by atoms with van der Waals surface area (Å²) >= 11 is 0. The predicted octanol–water partition coefficient (Wildman–Crippen LogP) is 7.49. The molecule has 15 heteroatoms. The fourth-order valence-corrected chi connectivity index (χ4v) is 7.77. The lowest BCUT2D eigenvalue weighted by atomic mass is 9.92. The van der Waals surface area contributed by atoms with Gasteiger partial charge in [0.2, 0.25) is 11.8 Å². The van der Waals surface area contributed by atoms with Gasteiger partial charge >= 0.3 is 0 Å². The van der Waals surface area contributed by atoms with Crippen molar-refractivity contribution < 1.29 is 27.7 Å². The van der Waals surface area contributed by atoms with Crippen LogP contribution in [0.2, 0.25) is 0 Å². The number of alkyl halides is 2. The van der Waals surface area contributed by atoms with Crippen molar-refractivity contribution in [2.45, 2.75) is 70.8 Å². The molecule has 1 saturated heterocycles. The molecule has 7 rings (SSSR count). The summed E-state index contributed by atoms with van der Waals surface area (Å²) in [6.07, 6.45) is 3.08. The molecule has 0 spiro atoms. The average molecular weight is 832 g/mol. The molecular formula is C46H51F2N9O4. The molecule has 1 aliphatic heterocycles. The number of likely N-dealkylation sites (N-methyl/N-ethyl adjacent to an activating group) is 1. The largest absolute Gasteiger partial charge is 0.369 e. The molecule has 1 aliphatic rings. The van der Waals surface area contributed by atoms with Crippen molar-refractivity contribution in [2.24, 2.45) is 0 Å². The fraction of sp³-hybridized carbons (Fsp3) is 0.370. The summed E-state index contributed by atoms with van der Waals surface area (Å²) < 4.78 is 36.3. The third kappa shape index (κ3) is 9.51. The molecule has 318 valence electrons.